The van der Waals surface area contributed by atoms with Crippen LogP contribution >= 0.6 is 11.6 Å². The Balaban J connectivity index is 1.18. The highest BCUT2D eigenvalue weighted by molar-refractivity contribution is 6.31. The van der Waals surface area contributed by atoms with Crippen LogP contribution < -0.4 is 10.2 Å². The van der Waals surface area contributed by atoms with Crippen LogP contribution in [-0.4, -0.2) is 21.8 Å². The van der Waals surface area contributed by atoms with Crippen LogP contribution in [0.25, 0.3) is 22.4 Å². The predicted molar refractivity (Wildman–Crippen MR) is 151 cm³/mol. The molecule has 2 N–H and O–H groups in total. The number of aromatic amines is 1. The molecule has 1 heterocycles. The standard InChI is InChI=1S/C31H25ClN4O2/c1-21(22-11-13-24(14-12-22)23-7-3-2-4-8-23)33-36-31(37)30-19-29(34-35-30)25-15-17-27(18-16-25)38-20-26-9-5-6-10-28(26)32/h2-19H,20H2,1H3,(H,34,35)(H,36,37)/b33-21+. The van der Waals surface area contributed by atoms with Crippen molar-refractivity contribution in [3.05, 3.63) is 131 Å². The SMILES string of the molecule is C/C(=N\NC(=O)c1cc(-c2ccc(OCc3ccccc3Cl)cc2)n[nH]1)c1ccc(-c2ccccc2)cc1. The fraction of sp³-hybridized carbons (Fsp3) is 0.0645. The van der Waals surface area contributed by atoms with Crippen molar-refractivity contribution in [1.82, 2.24) is 15.6 Å². The first-order valence-electron chi connectivity index (χ1n) is 12.1. The number of H-pyrrole nitrogens is 1. The molecular weight excluding hydrogens is 496 g/mol. The molecule has 5 rings (SSSR count). The van der Waals surface area contributed by atoms with Crippen LogP contribution in [0.2, 0.25) is 5.02 Å². The molecule has 0 saturated heterocycles. The van der Waals surface area contributed by atoms with Gasteiger partial charge in [-0.2, -0.15) is 10.2 Å². The lowest BCUT2D eigenvalue weighted by Gasteiger charge is -2.08. The summed E-state index contributed by atoms with van der Waals surface area (Å²) in [7, 11) is 0. The Kier molecular flexibility index (Phi) is 7.62. The molecule has 188 valence electrons. The van der Waals surface area contributed by atoms with Crippen molar-refractivity contribution in [3.63, 3.8) is 0 Å². The number of nitrogens with zero attached hydrogens (tertiary/aromatic N) is 2. The van der Waals surface area contributed by atoms with Gasteiger partial charge in [0.25, 0.3) is 5.91 Å². The molecule has 4 aromatic carbocycles. The number of amides is 1. The molecule has 6 nitrogen and oxygen atoms in total. The first-order chi connectivity index (χ1) is 18.6. The van der Waals surface area contributed by atoms with Gasteiger partial charge in [-0.05, 0) is 60.0 Å². The van der Waals surface area contributed by atoms with Crippen LogP contribution in [-0.2, 0) is 6.61 Å². The summed E-state index contributed by atoms with van der Waals surface area (Å²) in [6.07, 6.45) is 0. The number of carbonyl (C=O) groups is 1. The number of rotatable bonds is 8. The van der Waals surface area contributed by atoms with Gasteiger partial charge in [0.1, 0.15) is 18.1 Å². The Morgan fingerprint density at radius 3 is 2.26 bits per heavy atom. The molecule has 0 aliphatic rings. The van der Waals surface area contributed by atoms with Crippen LogP contribution in [0.3, 0.4) is 0 Å². The zero-order valence-corrected chi connectivity index (χ0v) is 21.4. The van der Waals surface area contributed by atoms with E-state index in [0.717, 1.165) is 27.8 Å². The van der Waals surface area contributed by atoms with Gasteiger partial charge in [0.2, 0.25) is 0 Å². The fourth-order valence-corrected chi connectivity index (χ4v) is 4.07. The van der Waals surface area contributed by atoms with Crippen molar-refractivity contribution in [2.45, 2.75) is 13.5 Å². The molecule has 0 aliphatic carbocycles. The molecule has 1 aromatic heterocycles. The number of halogens is 1. The number of hydrazone groups is 1. The number of benzene rings is 4. The molecule has 0 fully saturated rings. The average molecular weight is 521 g/mol. The van der Waals surface area contributed by atoms with Crippen LogP contribution in [0.15, 0.2) is 114 Å². The summed E-state index contributed by atoms with van der Waals surface area (Å²) >= 11 is 6.19. The first kappa shape index (κ1) is 25.0. The average Bonchev–Trinajstić information content (AvgIpc) is 3.47. The molecule has 0 aliphatic heterocycles. The minimum atomic E-state index is -0.372. The number of aromatic nitrogens is 2. The van der Waals surface area contributed by atoms with E-state index in [1.807, 2.05) is 97.9 Å². The third-order valence-corrected chi connectivity index (χ3v) is 6.43. The summed E-state index contributed by atoms with van der Waals surface area (Å²) in [5.41, 5.74) is 9.22. The molecule has 1 amide bonds. The molecule has 38 heavy (non-hydrogen) atoms. The van der Waals surface area contributed by atoms with Gasteiger partial charge in [-0.15, -0.1) is 0 Å². The van der Waals surface area contributed by atoms with Gasteiger partial charge in [-0.1, -0.05) is 84.4 Å². The molecule has 0 radical (unpaired) electrons. The van der Waals surface area contributed by atoms with Crippen LogP contribution in [0.1, 0.15) is 28.5 Å². The van der Waals surface area contributed by atoms with E-state index in [0.29, 0.717) is 34.5 Å². The van der Waals surface area contributed by atoms with E-state index in [1.165, 1.54) is 0 Å². The van der Waals surface area contributed by atoms with Gasteiger partial charge in [0, 0.05) is 16.1 Å². The molecule has 0 saturated carbocycles. The lowest BCUT2D eigenvalue weighted by atomic mass is 10.0. The second-order valence-electron chi connectivity index (χ2n) is 8.65. The predicted octanol–water partition coefficient (Wildman–Crippen LogP) is 7.13. The molecule has 0 spiro atoms. The summed E-state index contributed by atoms with van der Waals surface area (Å²) in [6, 6.07) is 35.0. The number of nitrogens with one attached hydrogen (secondary N) is 2. The first-order valence-corrected chi connectivity index (χ1v) is 12.5. The van der Waals surface area contributed by atoms with E-state index in [4.69, 9.17) is 16.3 Å². The van der Waals surface area contributed by atoms with E-state index in [1.54, 1.807) is 6.07 Å². The van der Waals surface area contributed by atoms with Crippen molar-refractivity contribution < 1.29 is 9.53 Å². The summed E-state index contributed by atoms with van der Waals surface area (Å²) in [4.78, 5) is 12.6. The topological polar surface area (TPSA) is 79.4 Å². The van der Waals surface area contributed by atoms with E-state index in [-0.39, 0.29) is 5.91 Å². The van der Waals surface area contributed by atoms with Crippen LogP contribution in [0, 0.1) is 0 Å². The second kappa shape index (κ2) is 11.6. The van der Waals surface area contributed by atoms with Crippen LogP contribution in [0.5, 0.6) is 5.75 Å². The Morgan fingerprint density at radius 1 is 0.868 bits per heavy atom. The van der Waals surface area contributed by atoms with E-state index in [2.05, 4.69) is 32.9 Å². The Hall–Kier alpha value is -4.68. The third kappa shape index (κ3) is 5.99. The largest absolute Gasteiger partial charge is 0.489 e. The number of carbonyl (C=O) groups excluding carboxylic acids is 1. The Labute approximate surface area is 226 Å². The lowest BCUT2D eigenvalue weighted by Crippen LogP contribution is -2.19. The van der Waals surface area contributed by atoms with E-state index >= 15 is 0 Å². The number of hydrogen-bond donors (Lipinski definition) is 2. The van der Waals surface area contributed by atoms with Crippen molar-refractivity contribution in [2.24, 2.45) is 5.10 Å². The van der Waals surface area contributed by atoms with Crippen LogP contribution in [0.4, 0.5) is 0 Å². The molecule has 0 atom stereocenters. The fourth-order valence-electron chi connectivity index (χ4n) is 3.88. The maximum atomic E-state index is 12.6. The van der Waals surface area contributed by atoms with Gasteiger partial charge in [0.05, 0.1) is 11.4 Å². The highest BCUT2D eigenvalue weighted by Gasteiger charge is 2.11. The van der Waals surface area contributed by atoms with Crippen molar-refractivity contribution >= 4 is 23.2 Å². The summed E-state index contributed by atoms with van der Waals surface area (Å²) in [5, 5.41) is 12.0. The Bertz CT molecular complexity index is 1560. The Morgan fingerprint density at radius 2 is 1.53 bits per heavy atom. The van der Waals surface area contributed by atoms with Gasteiger partial charge in [-0.25, -0.2) is 5.43 Å². The molecule has 0 unspecified atom stereocenters. The monoisotopic (exact) mass is 520 g/mol. The quantitative estimate of drug-likeness (QED) is 0.169. The second-order valence-corrected chi connectivity index (χ2v) is 9.06. The molecule has 7 heteroatoms. The minimum absolute atomic E-state index is 0.315. The van der Waals surface area contributed by atoms with Gasteiger partial charge >= 0.3 is 0 Å². The van der Waals surface area contributed by atoms with Crippen molar-refractivity contribution in [2.75, 3.05) is 0 Å². The normalized spacial score (nSPS) is 11.3. The zero-order chi connectivity index (χ0) is 26.3. The van der Waals surface area contributed by atoms with Gasteiger partial charge < -0.3 is 4.74 Å². The highest BCUT2D eigenvalue weighted by Crippen LogP contribution is 2.23. The number of ether oxygens (including phenoxy) is 1. The van der Waals surface area contributed by atoms with Crippen molar-refractivity contribution in [3.8, 4) is 28.1 Å². The van der Waals surface area contributed by atoms with E-state index in [9.17, 15) is 4.79 Å². The summed E-state index contributed by atoms with van der Waals surface area (Å²) in [6.45, 7) is 2.23. The molecule has 5 aromatic rings. The summed E-state index contributed by atoms with van der Waals surface area (Å²) in [5.74, 6) is 0.340. The maximum Gasteiger partial charge on any atom is 0.289 e. The van der Waals surface area contributed by atoms with Crippen molar-refractivity contribution in [1.29, 1.82) is 0 Å². The summed E-state index contributed by atoms with van der Waals surface area (Å²) < 4.78 is 5.84. The smallest absolute Gasteiger partial charge is 0.289 e. The maximum absolute atomic E-state index is 12.6. The third-order valence-electron chi connectivity index (χ3n) is 6.06. The van der Waals surface area contributed by atoms with Gasteiger partial charge in [0.15, 0.2) is 0 Å². The molecular formula is C31H25ClN4O2. The molecule has 0 bridgehead atoms. The number of hydrogen-bond acceptors (Lipinski definition) is 4. The minimum Gasteiger partial charge on any atom is -0.489 e. The van der Waals surface area contributed by atoms with Gasteiger partial charge in [-0.3, -0.25) is 9.89 Å². The highest BCUT2D eigenvalue weighted by atomic mass is 35.5. The zero-order valence-electron chi connectivity index (χ0n) is 20.7. The van der Waals surface area contributed by atoms with E-state index < -0.39 is 0 Å². The lowest BCUT2D eigenvalue weighted by molar-refractivity contribution is 0.0950.